The predicted molar refractivity (Wildman–Crippen MR) is 56.1 cm³/mol. The molecule has 13 heavy (non-hydrogen) atoms. The molecule has 0 spiro atoms. The van der Waals surface area contributed by atoms with Crippen LogP contribution in [0.15, 0.2) is 18.5 Å². The minimum absolute atomic E-state index is 0.719. The van der Waals surface area contributed by atoms with Gasteiger partial charge in [-0.05, 0) is 19.4 Å². The van der Waals surface area contributed by atoms with Gasteiger partial charge in [0.1, 0.15) is 5.75 Å². The van der Waals surface area contributed by atoms with Crippen molar-refractivity contribution in [2.75, 3.05) is 6.61 Å². The minimum atomic E-state index is 0.719. The Kier molecular flexibility index (Phi) is 6.98. The van der Waals surface area contributed by atoms with E-state index in [2.05, 4.69) is 11.9 Å². The molecule has 74 valence electrons. The SMILES string of the molecule is CC.CCOc1ccncc1CC. The van der Waals surface area contributed by atoms with E-state index in [4.69, 9.17) is 4.74 Å². The second-order valence-corrected chi connectivity index (χ2v) is 2.27. The van der Waals surface area contributed by atoms with Crippen LogP contribution in [0.1, 0.15) is 33.3 Å². The Labute approximate surface area is 81.0 Å². The lowest BCUT2D eigenvalue weighted by Gasteiger charge is -2.06. The molecule has 2 nitrogen and oxygen atoms in total. The van der Waals surface area contributed by atoms with Gasteiger partial charge in [-0.25, -0.2) is 0 Å². The number of aryl methyl sites for hydroxylation is 1. The van der Waals surface area contributed by atoms with Gasteiger partial charge in [-0.2, -0.15) is 0 Å². The van der Waals surface area contributed by atoms with Crippen LogP contribution < -0.4 is 4.74 Å². The molecule has 0 N–H and O–H groups in total. The van der Waals surface area contributed by atoms with Crippen molar-refractivity contribution < 1.29 is 4.74 Å². The number of nitrogens with zero attached hydrogens (tertiary/aromatic N) is 1. The lowest BCUT2D eigenvalue weighted by molar-refractivity contribution is 0.336. The summed E-state index contributed by atoms with van der Waals surface area (Å²) in [6, 6.07) is 1.91. The average molecular weight is 181 g/mol. The predicted octanol–water partition coefficient (Wildman–Crippen LogP) is 3.07. The summed E-state index contributed by atoms with van der Waals surface area (Å²) in [6.45, 7) is 8.80. The standard InChI is InChI=1S/C9H13NO.C2H6/c1-3-8-7-10-6-5-9(8)11-4-2;1-2/h5-7H,3-4H2,1-2H3;1-2H3. The highest BCUT2D eigenvalue weighted by molar-refractivity contribution is 5.29. The number of hydrogen-bond donors (Lipinski definition) is 0. The second-order valence-electron chi connectivity index (χ2n) is 2.27. The molecule has 0 aliphatic heterocycles. The van der Waals surface area contributed by atoms with Gasteiger partial charge in [0.05, 0.1) is 6.61 Å². The quantitative estimate of drug-likeness (QED) is 0.715. The van der Waals surface area contributed by atoms with Crippen molar-refractivity contribution in [2.45, 2.75) is 34.1 Å². The molecule has 0 bridgehead atoms. The highest BCUT2D eigenvalue weighted by atomic mass is 16.5. The van der Waals surface area contributed by atoms with Crippen molar-refractivity contribution in [1.82, 2.24) is 4.98 Å². The number of hydrogen-bond acceptors (Lipinski definition) is 2. The molecule has 1 aromatic rings. The van der Waals surface area contributed by atoms with Gasteiger partial charge in [0.2, 0.25) is 0 Å². The molecule has 0 saturated carbocycles. The highest BCUT2D eigenvalue weighted by Crippen LogP contribution is 2.16. The molecular weight excluding hydrogens is 162 g/mol. The molecule has 2 heteroatoms. The van der Waals surface area contributed by atoms with Crippen LogP contribution in [-0.4, -0.2) is 11.6 Å². The first kappa shape index (κ1) is 11.9. The number of ether oxygens (including phenoxy) is 1. The maximum Gasteiger partial charge on any atom is 0.125 e. The number of pyridine rings is 1. The van der Waals surface area contributed by atoms with Crippen LogP contribution in [-0.2, 0) is 6.42 Å². The Morgan fingerprint density at radius 3 is 2.54 bits per heavy atom. The Morgan fingerprint density at radius 2 is 2.00 bits per heavy atom. The van der Waals surface area contributed by atoms with Crippen LogP contribution in [0.4, 0.5) is 0 Å². The van der Waals surface area contributed by atoms with E-state index in [9.17, 15) is 0 Å². The third-order valence-electron chi connectivity index (χ3n) is 1.54. The van der Waals surface area contributed by atoms with Gasteiger partial charge in [-0.3, -0.25) is 4.98 Å². The van der Waals surface area contributed by atoms with Crippen LogP contribution in [0.2, 0.25) is 0 Å². The third kappa shape index (κ3) is 3.92. The molecule has 1 aromatic heterocycles. The van der Waals surface area contributed by atoms with Crippen molar-refractivity contribution in [3.8, 4) is 5.75 Å². The zero-order valence-electron chi connectivity index (χ0n) is 9.00. The van der Waals surface area contributed by atoms with E-state index >= 15 is 0 Å². The molecular formula is C11H19NO. The molecule has 0 amide bonds. The van der Waals surface area contributed by atoms with Crippen LogP contribution in [0.25, 0.3) is 0 Å². The summed E-state index contributed by atoms with van der Waals surface area (Å²) in [5.41, 5.74) is 1.18. The lowest BCUT2D eigenvalue weighted by Crippen LogP contribution is -1.95. The van der Waals surface area contributed by atoms with Gasteiger partial charge < -0.3 is 4.74 Å². The van der Waals surface area contributed by atoms with Crippen LogP contribution in [0.5, 0.6) is 5.75 Å². The largest absolute Gasteiger partial charge is 0.493 e. The fraction of sp³-hybridized carbons (Fsp3) is 0.545. The molecule has 0 unspecified atom stereocenters. The van der Waals surface area contributed by atoms with Gasteiger partial charge in [0.15, 0.2) is 0 Å². The normalized spacial score (nSPS) is 8.62. The van der Waals surface area contributed by atoms with Crippen molar-refractivity contribution in [1.29, 1.82) is 0 Å². The zero-order chi connectivity index (χ0) is 10.1. The minimum Gasteiger partial charge on any atom is -0.493 e. The maximum absolute atomic E-state index is 5.39. The number of aromatic nitrogens is 1. The van der Waals surface area contributed by atoms with E-state index in [0.717, 1.165) is 18.8 Å². The van der Waals surface area contributed by atoms with Crippen LogP contribution >= 0.6 is 0 Å². The zero-order valence-corrected chi connectivity index (χ0v) is 9.00. The Balaban J connectivity index is 0.000000671. The first-order valence-corrected chi connectivity index (χ1v) is 4.94. The summed E-state index contributed by atoms with van der Waals surface area (Å²) in [7, 11) is 0. The summed E-state index contributed by atoms with van der Waals surface area (Å²) in [4.78, 5) is 4.02. The van der Waals surface area contributed by atoms with E-state index in [1.54, 1.807) is 6.20 Å². The molecule has 0 aliphatic carbocycles. The van der Waals surface area contributed by atoms with E-state index < -0.39 is 0 Å². The lowest BCUT2D eigenvalue weighted by atomic mass is 10.2. The first-order valence-electron chi connectivity index (χ1n) is 4.94. The van der Waals surface area contributed by atoms with Crippen LogP contribution in [0, 0.1) is 0 Å². The van der Waals surface area contributed by atoms with Gasteiger partial charge in [-0.1, -0.05) is 20.8 Å². The van der Waals surface area contributed by atoms with Crippen LogP contribution in [0.3, 0.4) is 0 Å². The summed E-state index contributed by atoms with van der Waals surface area (Å²) < 4.78 is 5.39. The number of rotatable bonds is 3. The van der Waals surface area contributed by atoms with Crippen molar-refractivity contribution in [3.63, 3.8) is 0 Å². The monoisotopic (exact) mass is 181 g/mol. The van der Waals surface area contributed by atoms with Gasteiger partial charge in [-0.15, -0.1) is 0 Å². The molecule has 0 aromatic carbocycles. The van der Waals surface area contributed by atoms with Gasteiger partial charge in [0, 0.05) is 18.0 Å². The van der Waals surface area contributed by atoms with E-state index in [1.165, 1.54) is 5.56 Å². The Bertz CT molecular complexity index is 223. The summed E-state index contributed by atoms with van der Waals surface area (Å²) in [6.07, 6.45) is 4.58. The molecule has 0 aliphatic rings. The summed E-state index contributed by atoms with van der Waals surface area (Å²) in [5, 5.41) is 0. The fourth-order valence-electron chi connectivity index (χ4n) is 0.976. The third-order valence-corrected chi connectivity index (χ3v) is 1.54. The van der Waals surface area contributed by atoms with Gasteiger partial charge in [0.25, 0.3) is 0 Å². The Hall–Kier alpha value is -1.05. The van der Waals surface area contributed by atoms with E-state index in [0.29, 0.717) is 0 Å². The molecule has 0 fully saturated rings. The fourth-order valence-corrected chi connectivity index (χ4v) is 0.976. The first-order chi connectivity index (χ1) is 6.38. The molecule has 0 saturated heterocycles. The molecule has 1 heterocycles. The van der Waals surface area contributed by atoms with E-state index in [-0.39, 0.29) is 0 Å². The van der Waals surface area contributed by atoms with E-state index in [1.807, 2.05) is 33.0 Å². The topological polar surface area (TPSA) is 22.1 Å². The highest BCUT2D eigenvalue weighted by Gasteiger charge is 1.98. The Morgan fingerprint density at radius 1 is 1.31 bits per heavy atom. The second kappa shape index (κ2) is 7.59. The molecule has 0 atom stereocenters. The van der Waals surface area contributed by atoms with Crippen molar-refractivity contribution in [2.24, 2.45) is 0 Å². The van der Waals surface area contributed by atoms with Gasteiger partial charge >= 0.3 is 0 Å². The molecule has 0 radical (unpaired) electrons. The maximum atomic E-state index is 5.39. The molecule has 1 rings (SSSR count). The average Bonchev–Trinajstić information content (AvgIpc) is 2.22. The summed E-state index contributed by atoms with van der Waals surface area (Å²) >= 11 is 0. The van der Waals surface area contributed by atoms with Crippen molar-refractivity contribution in [3.05, 3.63) is 24.0 Å². The summed E-state index contributed by atoms with van der Waals surface area (Å²) in [5.74, 6) is 0.963. The smallest absolute Gasteiger partial charge is 0.125 e. The van der Waals surface area contributed by atoms with Crippen molar-refractivity contribution >= 4 is 0 Å².